The molecule has 1 unspecified atom stereocenters. The number of rotatable bonds is 1. The Balaban J connectivity index is 2.42. The van der Waals surface area contributed by atoms with Gasteiger partial charge in [0.05, 0.1) is 0 Å². The van der Waals surface area contributed by atoms with Gasteiger partial charge in [0, 0.05) is 6.42 Å². The molecule has 0 bridgehead atoms. The van der Waals surface area contributed by atoms with Crippen LogP contribution in [0.3, 0.4) is 0 Å². The minimum Gasteiger partial charge on any atom is -0.297 e. The molecule has 0 spiro atoms. The van der Waals surface area contributed by atoms with Crippen LogP contribution in [0.15, 0.2) is 0 Å². The van der Waals surface area contributed by atoms with Crippen molar-refractivity contribution < 1.29 is 14.9 Å². The highest BCUT2D eigenvalue weighted by molar-refractivity contribution is 5.84. The van der Waals surface area contributed by atoms with Gasteiger partial charge in [0.2, 0.25) is 0 Å². The van der Waals surface area contributed by atoms with Crippen molar-refractivity contribution in [1.29, 1.82) is 0 Å². The molecule has 8 heavy (non-hydrogen) atoms. The van der Waals surface area contributed by atoms with Gasteiger partial charge in [0.25, 0.3) is 0 Å². The zero-order valence-electron chi connectivity index (χ0n) is 4.46. The Morgan fingerprint density at radius 3 is 2.75 bits per heavy atom. The first-order valence-electron chi connectivity index (χ1n) is 2.67. The number of hydrogen-bond acceptors (Lipinski definition) is 3. The van der Waals surface area contributed by atoms with Gasteiger partial charge in [-0.1, -0.05) is 0 Å². The Labute approximate surface area is 47.2 Å². The molecule has 3 nitrogen and oxygen atoms in total. The van der Waals surface area contributed by atoms with E-state index in [4.69, 9.17) is 5.26 Å². The maximum absolute atomic E-state index is 10.5. The van der Waals surface area contributed by atoms with Crippen LogP contribution < -0.4 is 0 Å². The number of carbonyl (C=O) groups excluding carboxylic acids is 1. The van der Waals surface area contributed by atoms with E-state index in [2.05, 4.69) is 4.89 Å². The minimum atomic E-state index is -0.519. The first-order valence-corrected chi connectivity index (χ1v) is 2.67. The molecule has 0 saturated heterocycles. The van der Waals surface area contributed by atoms with Crippen LogP contribution in [0.4, 0.5) is 0 Å². The van der Waals surface area contributed by atoms with Crippen LogP contribution in [0.2, 0.25) is 0 Å². The molecule has 1 fully saturated rings. The van der Waals surface area contributed by atoms with Gasteiger partial charge in [-0.05, 0) is 12.8 Å². The van der Waals surface area contributed by atoms with Crippen LogP contribution >= 0.6 is 0 Å². The molecule has 1 rings (SSSR count). The van der Waals surface area contributed by atoms with Crippen molar-refractivity contribution in [2.45, 2.75) is 25.4 Å². The van der Waals surface area contributed by atoms with Gasteiger partial charge in [-0.25, -0.2) is 4.89 Å². The Morgan fingerprint density at radius 2 is 2.50 bits per heavy atom. The maximum atomic E-state index is 10.5. The predicted octanol–water partition coefficient (Wildman–Crippen LogP) is 0.598. The molecule has 0 heterocycles. The molecule has 3 heteroatoms. The lowest BCUT2D eigenvalue weighted by molar-refractivity contribution is -0.268. The fraction of sp³-hybridized carbons (Fsp3) is 0.800. The summed E-state index contributed by atoms with van der Waals surface area (Å²) in [6.07, 6.45) is 1.57. The smallest absolute Gasteiger partial charge is 0.164 e. The quantitative estimate of drug-likeness (QED) is 0.403. The molecule has 1 N–H and O–H groups in total. The molecule has 1 saturated carbocycles. The van der Waals surface area contributed by atoms with Crippen molar-refractivity contribution in [3.63, 3.8) is 0 Å². The van der Waals surface area contributed by atoms with Gasteiger partial charge < -0.3 is 0 Å². The van der Waals surface area contributed by atoms with Crippen LogP contribution in [-0.2, 0) is 9.68 Å². The first kappa shape index (κ1) is 5.72. The number of hydrogen-bond donors (Lipinski definition) is 1. The Bertz CT molecular complexity index is 99.8. The van der Waals surface area contributed by atoms with E-state index < -0.39 is 6.10 Å². The molecule has 0 aromatic heterocycles. The second kappa shape index (κ2) is 2.24. The van der Waals surface area contributed by atoms with E-state index >= 15 is 0 Å². The lowest BCUT2D eigenvalue weighted by Gasteiger charge is -1.98. The third-order valence-corrected chi connectivity index (χ3v) is 1.38. The van der Waals surface area contributed by atoms with E-state index in [0.717, 1.165) is 6.42 Å². The second-order valence-corrected chi connectivity index (χ2v) is 1.95. The Morgan fingerprint density at radius 1 is 1.75 bits per heavy atom. The van der Waals surface area contributed by atoms with Crippen molar-refractivity contribution in [3.8, 4) is 0 Å². The number of carbonyl (C=O) groups is 1. The van der Waals surface area contributed by atoms with E-state index in [1.807, 2.05) is 0 Å². The molecular formula is C5H8O3. The number of Topliss-reactive ketones (excluding diaryl/α,β-unsaturated/α-hetero) is 1. The highest BCUT2D eigenvalue weighted by Gasteiger charge is 2.24. The van der Waals surface area contributed by atoms with Crippen LogP contribution in [0.5, 0.6) is 0 Å². The predicted molar refractivity (Wildman–Crippen MR) is 26.4 cm³/mol. The van der Waals surface area contributed by atoms with Crippen LogP contribution in [0, 0.1) is 0 Å². The molecule has 1 atom stereocenters. The average molecular weight is 116 g/mol. The Hall–Kier alpha value is -0.410. The van der Waals surface area contributed by atoms with Crippen molar-refractivity contribution in [2.24, 2.45) is 0 Å². The fourth-order valence-electron chi connectivity index (χ4n) is 0.895. The largest absolute Gasteiger partial charge is 0.297 e. The molecule has 0 amide bonds. The lowest BCUT2D eigenvalue weighted by atomic mass is 10.3. The monoisotopic (exact) mass is 116 g/mol. The van der Waals surface area contributed by atoms with E-state index in [9.17, 15) is 4.79 Å². The molecular weight excluding hydrogens is 108 g/mol. The standard InChI is InChI=1S/C5H8O3/c6-4-2-1-3-5(4)8-7/h5,7H,1-3H2. The highest BCUT2D eigenvalue weighted by Crippen LogP contribution is 2.15. The van der Waals surface area contributed by atoms with Crippen molar-refractivity contribution in [3.05, 3.63) is 0 Å². The third-order valence-electron chi connectivity index (χ3n) is 1.38. The Kier molecular flexibility index (Phi) is 1.60. The molecule has 1 aliphatic rings. The van der Waals surface area contributed by atoms with Gasteiger partial charge in [-0.3, -0.25) is 10.1 Å². The molecule has 0 aliphatic heterocycles. The number of ketones is 1. The molecule has 46 valence electrons. The normalized spacial score (nSPS) is 29.1. The van der Waals surface area contributed by atoms with Gasteiger partial charge in [-0.2, -0.15) is 0 Å². The SMILES string of the molecule is O=C1CCCC1OO. The third kappa shape index (κ3) is 0.877. The van der Waals surface area contributed by atoms with Gasteiger partial charge in [0.15, 0.2) is 11.9 Å². The summed E-state index contributed by atoms with van der Waals surface area (Å²) in [4.78, 5) is 14.4. The molecule has 0 aromatic carbocycles. The second-order valence-electron chi connectivity index (χ2n) is 1.95. The van der Waals surface area contributed by atoms with E-state index in [1.165, 1.54) is 0 Å². The van der Waals surface area contributed by atoms with Crippen molar-refractivity contribution in [2.75, 3.05) is 0 Å². The zero-order valence-corrected chi connectivity index (χ0v) is 4.46. The first-order chi connectivity index (χ1) is 3.84. The maximum Gasteiger partial charge on any atom is 0.164 e. The summed E-state index contributed by atoms with van der Waals surface area (Å²) in [5.74, 6) is 0.0208. The average Bonchev–Trinajstić information content (AvgIpc) is 2.14. The summed E-state index contributed by atoms with van der Waals surface area (Å²) < 4.78 is 0. The van der Waals surface area contributed by atoms with Crippen LogP contribution in [0.25, 0.3) is 0 Å². The van der Waals surface area contributed by atoms with Gasteiger partial charge in [-0.15, -0.1) is 0 Å². The van der Waals surface area contributed by atoms with Crippen molar-refractivity contribution in [1.82, 2.24) is 0 Å². The topological polar surface area (TPSA) is 46.5 Å². The summed E-state index contributed by atoms with van der Waals surface area (Å²) >= 11 is 0. The van der Waals surface area contributed by atoms with Crippen LogP contribution in [0.1, 0.15) is 19.3 Å². The molecule has 0 aromatic rings. The van der Waals surface area contributed by atoms with Gasteiger partial charge in [0.1, 0.15) is 0 Å². The summed E-state index contributed by atoms with van der Waals surface area (Å²) in [5.41, 5.74) is 0. The van der Waals surface area contributed by atoms with E-state index in [0.29, 0.717) is 12.8 Å². The summed E-state index contributed by atoms with van der Waals surface area (Å²) in [6, 6.07) is 0. The van der Waals surface area contributed by atoms with Gasteiger partial charge >= 0.3 is 0 Å². The lowest BCUT2D eigenvalue weighted by Crippen LogP contribution is -2.14. The summed E-state index contributed by atoms with van der Waals surface area (Å²) in [7, 11) is 0. The van der Waals surface area contributed by atoms with Crippen molar-refractivity contribution >= 4 is 5.78 Å². The van der Waals surface area contributed by atoms with E-state index in [1.54, 1.807) is 0 Å². The zero-order chi connectivity index (χ0) is 5.98. The molecule has 0 radical (unpaired) electrons. The molecule has 1 aliphatic carbocycles. The van der Waals surface area contributed by atoms with E-state index in [-0.39, 0.29) is 5.78 Å². The highest BCUT2D eigenvalue weighted by atomic mass is 17.1. The fourth-order valence-corrected chi connectivity index (χ4v) is 0.895. The minimum absolute atomic E-state index is 0.0208. The summed E-state index contributed by atoms with van der Waals surface area (Å²) in [5, 5.41) is 8.02. The van der Waals surface area contributed by atoms with Crippen LogP contribution in [-0.4, -0.2) is 17.1 Å². The summed E-state index contributed by atoms with van der Waals surface area (Å²) in [6.45, 7) is 0.